The molecule has 0 amide bonds. The summed E-state index contributed by atoms with van der Waals surface area (Å²) in [6, 6.07) is 6.82. The average molecular weight is 410 g/mol. The van der Waals surface area contributed by atoms with Crippen molar-refractivity contribution in [3.05, 3.63) is 36.5 Å². The van der Waals surface area contributed by atoms with Gasteiger partial charge in [-0.2, -0.15) is 4.98 Å². The molecule has 7 nitrogen and oxygen atoms in total. The minimum absolute atomic E-state index is 0.289. The van der Waals surface area contributed by atoms with E-state index in [1.165, 1.54) is 24.3 Å². The highest BCUT2D eigenvalue weighted by molar-refractivity contribution is 5.39. The molecule has 156 valence electrons. The molecule has 0 spiro atoms. The third-order valence-electron chi connectivity index (χ3n) is 5.38. The van der Waals surface area contributed by atoms with Crippen LogP contribution in [-0.4, -0.2) is 46.7 Å². The SMILES string of the molecule is Nc1ccnc(N2C[C@H]3C[C@@H](Oc4ccc(OC(F)(F)F)cc4)[C@H](O)C[C@H]3C2)n1. The average Bonchev–Trinajstić information content (AvgIpc) is 3.05. The minimum atomic E-state index is -4.74. The Morgan fingerprint density at radius 1 is 1.03 bits per heavy atom. The number of anilines is 2. The van der Waals surface area contributed by atoms with Crippen LogP contribution in [-0.2, 0) is 0 Å². The summed E-state index contributed by atoms with van der Waals surface area (Å²) in [6.45, 7) is 1.47. The van der Waals surface area contributed by atoms with Crippen molar-refractivity contribution in [1.29, 1.82) is 0 Å². The number of fused-ring (bicyclic) bond motifs is 1. The van der Waals surface area contributed by atoms with Crippen molar-refractivity contribution in [3.8, 4) is 11.5 Å². The summed E-state index contributed by atoms with van der Waals surface area (Å²) in [4.78, 5) is 10.6. The molecule has 0 radical (unpaired) electrons. The van der Waals surface area contributed by atoms with E-state index in [-0.39, 0.29) is 11.7 Å². The highest BCUT2D eigenvalue weighted by Crippen LogP contribution is 2.39. The van der Waals surface area contributed by atoms with Gasteiger partial charge in [-0.15, -0.1) is 13.2 Å². The van der Waals surface area contributed by atoms with Crippen LogP contribution in [0.3, 0.4) is 0 Å². The number of halogens is 3. The number of ether oxygens (including phenoxy) is 2. The van der Waals surface area contributed by atoms with Gasteiger partial charge in [-0.1, -0.05) is 0 Å². The number of nitrogens with zero attached hydrogens (tertiary/aromatic N) is 3. The van der Waals surface area contributed by atoms with Gasteiger partial charge in [-0.3, -0.25) is 0 Å². The molecule has 4 atom stereocenters. The molecule has 1 aromatic heterocycles. The monoisotopic (exact) mass is 410 g/mol. The van der Waals surface area contributed by atoms with Crippen LogP contribution in [0.5, 0.6) is 11.5 Å². The first kappa shape index (κ1) is 19.6. The number of alkyl halides is 3. The van der Waals surface area contributed by atoms with Gasteiger partial charge in [0.05, 0.1) is 6.10 Å². The van der Waals surface area contributed by atoms with Crippen molar-refractivity contribution >= 4 is 11.8 Å². The van der Waals surface area contributed by atoms with Crippen LogP contribution >= 0.6 is 0 Å². The Labute approximate surface area is 165 Å². The molecule has 1 aromatic carbocycles. The number of nitrogen functional groups attached to an aromatic ring is 1. The molecular formula is C19H21F3N4O3. The topological polar surface area (TPSA) is 93.7 Å². The zero-order chi connectivity index (χ0) is 20.6. The number of hydrogen-bond donors (Lipinski definition) is 2. The molecule has 1 saturated heterocycles. The Hall–Kier alpha value is -2.75. The first-order valence-corrected chi connectivity index (χ1v) is 9.31. The lowest BCUT2D eigenvalue weighted by Gasteiger charge is -2.35. The lowest BCUT2D eigenvalue weighted by Crippen LogP contribution is -2.42. The summed E-state index contributed by atoms with van der Waals surface area (Å²) in [5.41, 5.74) is 5.74. The first-order chi connectivity index (χ1) is 13.8. The van der Waals surface area contributed by atoms with E-state index in [9.17, 15) is 18.3 Å². The summed E-state index contributed by atoms with van der Waals surface area (Å²) >= 11 is 0. The smallest absolute Gasteiger partial charge is 0.488 e. The minimum Gasteiger partial charge on any atom is -0.488 e. The zero-order valence-electron chi connectivity index (χ0n) is 15.4. The molecule has 0 unspecified atom stereocenters. The maximum Gasteiger partial charge on any atom is 0.573 e. The predicted octanol–water partition coefficient (Wildman–Crippen LogP) is 2.61. The lowest BCUT2D eigenvalue weighted by molar-refractivity contribution is -0.274. The second kappa shape index (κ2) is 7.58. The highest BCUT2D eigenvalue weighted by atomic mass is 19.4. The Bertz CT molecular complexity index is 849. The van der Waals surface area contributed by atoms with E-state index in [0.717, 1.165) is 13.1 Å². The number of hydrogen-bond acceptors (Lipinski definition) is 7. The maximum absolute atomic E-state index is 12.3. The molecule has 2 heterocycles. The van der Waals surface area contributed by atoms with Crippen LogP contribution in [0, 0.1) is 11.8 Å². The molecule has 4 rings (SSSR count). The van der Waals surface area contributed by atoms with E-state index in [0.29, 0.717) is 36.3 Å². The highest BCUT2D eigenvalue weighted by Gasteiger charge is 2.43. The Morgan fingerprint density at radius 2 is 1.69 bits per heavy atom. The molecular weight excluding hydrogens is 389 g/mol. The van der Waals surface area contributed by atoms with Gasteiger partial charge in [0.25, 0.3) is 0 Å². The molecule has 1 aliphatic carbocycles. The van der Waals surface area contributed by atoms with Gasteiger partial charge in [-0.05, 0) is 55.0 Å². The van der Waals surface area contributed by atoms with E-state index < -0.39 is 18.6 Å². The number of benzene rings is 1. The Morgan fingerprint density at radius 3 is 2.34 bits per heavy atom. The van der Waals surface area contributed by atoms with E-state index in [1.807, 2.05) is 0 Å². The summed E-state index contributed by atoms with van der Waals surface area (Å²) < 4.78 is 46.5. The van der Waals surface area contributed by atoms with Crippen molar-refractivity contribution in [2.75, 3.05) is 23.7 Å². The number of aliphatic hydroxyl groups excluding tert-OH is 1. The van der Waals surface area contributed by atoms with Crippen LogP contribution in [0.15, 0.2) is 36.5 Å². The quantitative estimate of drug-likeness (QED) is 0.800. The fourth-order valence-electron chi connectivity index (χ4n) is 4.09. The zero-order valence-corrected chi connectivity index (χ0v) is 15.4. The normalized spacial score (nSPS) is 26.8. The summed E-state index contributed by atoms with van der Waals surface area (Å²) in [5, 5.41) is 10.5. The Kier molecular flexibility index (Phi) is 5.12. The number of nitrogens with two attached hydrogens (primary N) is 1. The number of aromatic nitrogens is 2. The van der Waals surface area contributed by atoms with Crippen molar-refractivity contribution in [2.24, 2.45) is 11.8 Å². The van der Waals surface area contributed by atoms with Crippen LogP contribution in [0.2, 0.25) is 0 Å². The third kappa shape index (κ3) is 4.64. The molecule has 1 saturated carbocycles. The van der Waals surface area contributed by atoms with Crippen molar-refractivity contribution < 1.29 is 27.8 Å². The van der Waals surface area contributed by atoms with E-state index in [2.05, 4.69) is 19.6 Å². The second-order valence-electron chi connectivity index (χ2n) is 7.42. The lowest BCUT2D eigenvalue weighted by atomic mass is 9.78. The largest absolute Gasteiger partial charge is 0.573 e. The van der Waals surface area contributed by atoms with Gasteiger partial charge >= 0.3 is 6.36 Å². The molecule has 3 N–H and O–H groups in total. The fourth-order valence-corrected chi connectivity index (χ4v) is 4.09. The molecule has 29 heavy (non-hydrogen) atoms. The molecule has 2 aliphatic rings. The van der Waals surface area contributed by atoms with Crippen LogP contribution < -0.4 is 20.1 Å². The van der Waals surface area contributed by atoms with Gasteiger partial charge in [0.1, 0.15) is 23.4 Å². The summed E-state index contributed by atoms with van der Waals surface area (Å²) in [6.07, 6.45) is -3.02. The second-order valence-corrected chi connectivity index (χ2v) is 7.42. The number of aliphatic hydroxyl groups is 1. The van der Waals surface area contributed by atoms with Gasteiger partial charge in [0.15, 0.2) is 0 Å². The fraction of sp³-hybridized carbons (Fsp3) is 0.474. The molecule has 2 fully saturated rings. The van der Waals surface area contributed by atoms with Gasteiger partial charge in [0.2, 0.25) is 5.95 Å². The summed E-state index contributed by atoms with van der Waals surface area (Å²) in [7, 11) is 0. The van der Waals surface area contributed by atoms with Gasteiger partial charge < -0.3 is 25.2 Å². The van der Waals surface area contributed by atoms with E-state index in [4.69, 9.17) is 10.5 Å². The first-order valence-electron chi connectivity index (χ1n) is 9.31. The molecule has 1 aliphatic heterocycles. The van der Waals surface area contributed by atoms with Crippen LogP contribution in [0.25, 0.3) is 0 Å². The van der Waals surface area contributed by atoms with Gasteiger partial charge in [0, 0.05) is 19.3 Å². The third-order valence-corrected chi connectivity index (χ3v) is 5.38. The van der Waals surface area contributed by atoms with Crippen molar-refractivity contribution in [1.82, 2.24) is 9.97 Å². The standard InChI is InChI=1S/C19H21F3N4O3/c20-19(21,22)29-14-3-1-13(2-4-14)28-16-8-12-10-26(9-11(12)7-15(16)27)18-24-6-5-17(23)25-18/h1-6,11-12,15-16,27H,7-10H2,(H2,23,24,25)/t11-,12+,15+,16+/m0/s1. The Balaban J connectivity index is 1.38. The van der Waals surface area contributed by atoms with Crippen LogP contribution in [0.1, 0.15) is 12.8 Å². The molecule has 2 aromatic rings. The van der Waals surface area contributed by atoms with E-state index >= 15 is 0 Å². The molecule has 0 bridgehead atoms. The maximum atomic E-state index is 12.3. The van der Waals surface area contributed by atoms with Crippen molar-refractivity contribution in [3.63, 3.8) is 0 Å². The molecule has 10 heteroatoms. The van der Waals surface area contributed by atoms with Gasteiger partial charge in [-0.25, -0.2) is 4.98 Å². The predicted molar refractivity (Wildman–Crippen MR) is 98.4 cm³/mol. The number of rotatable bonds is 4. The van der Waals surface area contributed by atoms with E-state index in [1.54, 1.807) is 12.3 Å². The summed E-state index contributed by atoms with van der Waals surface area (Å²) in [5.74, 6) is 1.63. The van der Waals surface area contributed by atoms with Crippen LogP contribution in [0.4, 0.5) is 24.9 Å². The van der Waals surface area contributed by atoms with Crippen molar-refractivity contribution in [2.45, 2.75) is 31.4 Å².